The van der Waals surface area contributed by atoms with Crippen molar-refractivity contribution in [3.63, 3.8) is 0 Å². The molecule has 3 nitrogen and oxygen atoms in total. The second-order valence-electron chi connectivity index (χ2n) is 5.44. The standard InChI is InChI=1S/C15H21FN2O/c1-10-7-12(9-13(16)8-10)15(19)18-6-4-3-5-14(18)11(2)17/h7-9,11,14H,3-6,17H2,1-2H3/t11-,14-/m0/s1. The summed E-state index contributed by atoms with van der Waals surface area (Å²) in [5.74, 6) is -0.470. The number of aryl methyl sites for hydroxylation is 1. The number of halogens is 1. The summed E-state index contributed by atoms with van der Waals surface area (Å²) in [7, 11) is 0. The van der Waals surface area contributed by atoms with E-state index in [1.807, 2.05) is 11.8 Å². The summed E-state index contributed by atoms with van der Waals surface area (Å²) < 4.78 is 13.4. The van der Waals surface area contributed by atoms with Gasteiger partial charge in [-0.1, -0.05) is 0 Å². The van der Waals surface area contributed by atoms with Crippen LogP contribution >= 0.6 is 0 Å². The van der Waals surface area contributed by atoms with Gasteiger partial charge in [0, 0.05) is 24.2 Å². The maximum absolute atomic E-state index is 13.4. The lowest BCUT2D eigenvalue weighted by atomic mass is 9.96. The molecule has 2 rings (SSSR count). The van der Waals surface area contributed by atoms with Gasteiger partial charge in [-0.3, -0.25) is 4.79 Å². The molecule has 1 saturated heterocycles. The minimum Gasteiger partial charge on any atom is -0.334 e. The first-order valence-corrected chi connectivity index (χ1v) is 6.83. The number of carbonyl (C=O) groups is 1. The van der Waals surface area contributed by atoms with Gasteiger partial charge in [-0.05, 0) is 56.9 Å². The second-order valence-corrected chi connectivity index (χ2v) is 5.44. The monoisotopic (exact) mass is 264 g/mol. The first-order chi connectivity index (χ1) is 8.99. The molecule has 104 valence electrons. The van der Waals surface area contributed by atoms with Gasteiger partial charge in [-0.2, -0.15) is 0 Å². The van der Waals surface area contributed by atoms with E-state index in [1.54, 1.807) is 13.0 Å². The number of nitrogens with two attached hydrogens (primary N) is 1. The zero-order chi connectivity index (χ0) is 14.0. The van der Waals surface area contributed by atoms with Crippen LogP contribution in [0.15, 0.2) is 18.2 Å². The molecule has 0 aliphatic carbocycles. The van der Waals surface area contributed by atoms with Crippen LogP contribution in [0.1, 0.15) is 42.1 Å². The van der Waals surface area contributed by atoms with Crippen LogP contribution in [0.3, 0.4) is 0 Å². The van der Waals surface area contributed by atoms with E-state index in [0.717, 1.165) is 24.8 Å². The molecule has 1 amide bonds. The molecule has 0 unspecified atom stereocenters. The van der Waals surface area contributed by atoms with E-state index < -0.39 is 0 Å². The van der Waals surface area contributed by atoms with Gasteiger partial charge in [0.05, 0.1) is 0 Å². The first-order valence-electron chi connectivity index (χ1n) is 6.83. The van der Waals surface area contributed by atoms with Crippen LogP contribution in [0.4, 0.5) is 4.39 Å². The Bertz CT molecular complexity index is 453. The van der Waals surface area contributed by atoms with E-state index in [0.29, 0.717) is 12.1 Å². The maximum Gasteiger partial charge on any atom is 0.254 e. The van der Waals surface area contributed by atoms with Crippen molar-refractivity contribution in [2.45, 2.75) is 45.2 Å². The van der Waals surface area contributed by atoms with Gasteiger partial charge >= 0.3 is 0 Å². The maximum atomic E-state index is 13.4. The fourth-order valence-electron chi connectivity index (χ4n) is 2.78. The summed E-state index contributed by atoms with van der Waals surface area (Å²) in [4.78, 5) is 14.3. The number of hydrogen-bond acceptors (Lipinski definition) is 2. The molecule has 0 aromatic heterocycles. The molecular weight excluding hydrogens is 243 g/mol. The fraction of sp³-hybridized carbons (Fsp3) is 0.533. The van der Waals surface area contributed by atoms with Crippen molar-refractivity contribution in [1.82, 2.24) is 4.90 Å². The molecule has 1 aliphatic rings. The van der Waals surface area contributed by atoms with Crippen LogP contribution < -0.4 is 5.73 Å². The normalized spacial score (nSPS) is 21.3. The molecule has 2 N–H and O–H groups in total. The highest BCUT2D eigenvalue weighted by Crippen LogP contribution is 2.22. The molecule has 1 aliphatic heterocycles. The summed E-state index contributed by atoms with van der Waals surface area (Å²) in [5.41, 5.74) is 7.15. The number of benzene rings is 1. The predicted octanol–water partition coefficient (Wildman–Crippen LogP) is 2.48. The average Bonchev–Trinajstić information content (AvgIpc) is 2.36. The van der Waals surface area contributed by atoms with Gasteiger partial charge < -0.3 is 10.6 Å². The highest BCUT2D eigenvalue weighted by atomic mass is 19.1. The molecule has 1 heterocycles. The van der Waals surface area contributed by atoms with Gasteiger partial charge in [0.2, 0.25) is 0 Å². The van der Waals surface area contributed by atoms with E-state index in [-0.39, 0.29) is 23.8 Å². The summed E-state index contributed by atoms with van der Waals surface area (Å²) in [6.07, 6.45) is 3.01. The van der Waals surface area contributed by atoms with Gasteiger partial charge in [-0.25, -0.2) is 4.39 Å². The lowest BCUT2D eigenvalue weighted by Gasteiger charge is -2.38. The van der Waals surface area contributed by atoms with E-state index in [9.17, 15) is 9.18 Å². The Morgan fingerprint density at radius 1 is 1.42 bits per heavy atom. The van der Waals surface area contributed by atoms with Crippen molar-refractivity contribution in [3.8, 4) is 0 Å². The Hall–Kier alpha value is -1.42. The Labute approximate surface area is 113 Å². The lowest BCUT2D eigenvalue weighted by molar-refractivity contribution is 0.0583. The third-order valence-corrected chi connectivity index (χ3v) is 3.71. The molecule has 1 fully saturated rings. The summed E-state index contributed by atoms with van der Waals surface area (Å²) in [6, 6.07) is 4.47. The smallest absolute Gasteiger partial charge is 0.254 e. The minimum absolute atomic E-state index is 0.0566. The minimum atomic E-state index is -0.363. The average molecular weight is 264 g/mol. The zero-order valence-electron chi connectivity index (χ0n) is 11.5. The number of likely N-dealkylation sites (tertiary alicyclic amines) is 1. The Kier molecular flexibility index (Phi) is 4.20. The number of carbonyl (C=O) groups excluding carboxylic acids is 1. The van der Waals surface area contributed by atoms with Crippen molar-refractivity contribution in [2.24, 2.45) is 5.73 Å². The van der Waals surface area contributed by atoms with E-state index in [2.05, 4.69) is 0 Å². The van der Waals surface area contributed by atoms with E-state index in [1.165, 1.54) is 12.1 Å². The Morgan fingerprint density at radius 3 is 2.79 bits per heavy atom. The number of piperidine rings is 1. The molecule has 19 heavy (non-hydrogen) atoms. The molecule has 0 saturated carbocycles. The number of amides is 1. The molecule has 0 radical (unpaired) electrons. The molecule has 2 atom stereocenters. The molecule has 0 bridgehead atoms. The van der Waals surface area contributed by atoms with Crippen molar-refractivity contribution in [2.75, 3.05) is 6.54 Å². The van der Waals surface area contributed by atoms with Crippen LogP contribution in [0.5, 0.6) is 0 Å². The van der Waals surface area contributed by atoms with Crippen molar-refractivity contribution < 1.29 is 9.18 Å². The first kappa shape index (κ1) is 14.0. The fourth-order valence-corrected chi connectivity index (χ4v) is 2.78. The van der Waals surface area contributed by atoms with Crippen LogP contribution in [0.2, 0.25) is 0 Å². The quantitative estimate of drug-likeness (QED) is 0.892. The van der Waals surface area contributed by atoms with Gasteiger partial charge in [0.1, 0.15) is 5.82 Å². The topological polar surface area (TPSA) is 46.3 Å². The van der Waals surface area contributed by atoms with Crippen molar-refractivity contribution in [1.29, 1.82) is 0 Å². The molecular formula is C15H21FN2O. The summed E-state index contributed by atoms with van der Waals surface area (Å²) in [5, 5.41) is 0. The van der Waals surface area contributed by atoms with Gasteiger partial charge in [-0.15, -0.1) is 0 Å². The van der Waals surface area contributed by atoms with Crippen LogP contribution in [0.25, 0.3) is 0 Å². The Balaban J connectivity index is 2.26. The van der Waals surface area contributed by atoms with Gasteiger partial charge in [0.25, 0.3) is 5.91 Å². The highest BCUT2D eigenvalue weighted by Gasteiger charge is 2.29. The summed E-state index contributed by atoms with van der Waals surface area (Å²) in [6.45, 7) is 4.42. The lowest BCUT2D eigenvalue weighted by Crippen LogP contribution is -2.51. The molecule has 1 aromatic rings. The Morgan fingerprint density at radius 2 is 2.16 bits per heavy atom. The number of rotatable bonds is 2. The van der Waals surface area contributed by atoms with Gasteiger partial charge in [0.15, 0.2) is 0 Å². The second kappa shape index (κ2) is 5.70. The van der Waals surface area contributed by atoms with E-state index >= 15 is 0 Å². The predicted molar refractivity (Wildman–Crippen MR) is 73.5 cm³/mol. The molecule has 4 heteroatoms. The van der Waals surface area contributed by atoms with Crippen molar-refractivity contribution in [3.05, 3.63) is 35.1 Å². The van der Waals surface area contributed by atoms with Crippen LogP contribution in [-0.2, 0) is 0 Å². The van der Waals surface area contributed by atoms with Crippen LogP contribution in [0, 0.1) is 12.7 Å². The third-order valence-electron chi connectivity index (χ3n) is 3.71. The number of hydrogen-bond donors (Lipinski definition) is 1. The molecule has 1 aromatic carbocycles. The zero-order valence-corrected chi connectivity index (χ0v) is 11.5. The van der Waals surface area contributed by atoms with Crippen molar-refractivity contribution >= 4 is 5.91 Å². The number of nitrogens with zero attached hydrogens (tertiary/aromatic N) is 1. The molecule has 0 spiro atoms. The summed E-state index contributed by atoms with van der Waals surface area (Å²) >= 11 is 0. The largest absolute Gasteiger partial charge is 0.334 e. The highest BCUT2D eigenvalue weighted by molar-refractivity contribution is 5.94. The van der Waals surface area contributed by atoms with Crippen LogP contribution in [-0.4, -0.2) is 29.4 Å². The third kappa shape index (κ3) is 3.13. The van der Waals surface area contributed by atoms with E-state index in [4.69, 9.17) is 5.73 Å². The SMILES string of the molecule is Cc1cc(F)cc(C(=O)N2CCCC[C@H]2[C@H](C)N)c1.